The third kappa shape index (κ3) is 3.94. The van der Waals surface area contributed by atoms with Crippen LogP contribution in [0, 0.1) is 22.5 Å². The van der Waals surface area contributed by atoms with Gasteiger partial charge in [0.2, 0.25) is 5.88 Å². The Kier molecular flexibility index (Phi) is 4.93. The first-order chi connectivity index (χ1) is 8.56. The zero-order valence-corrected chi connectivity index (χ0v) is 10.3. The Bertz CT molecular complexity index is 468. The minimum absolute atomic E-state index is 0.0807. The molecule has 0 aromatic carbocycles. The predicted molar refractivity (Wildman–Crippen MR) is 68.6 cm³/mol. The fourth-order valence-electron chi connectivity index (χ4n) is 1.22. The van der Waals surface area contributed by atoms with Gasteiger partial charge in [-0.15, -0.1) is 6.42 Å². The van der Waals surface area contributed by atoms with E-state index in [1.54, 1.807) is 6.92 Å². The largest absolute Gasteiger partial charge is 0.461 e. The Labute approximate surface area is 106 Å². The number of nitrogens with one attached hydrogen (secondary N) is 1. The quantitative estimate of drug-likeness (QED) is 0.475. The standard InChI is InChI=1S/C12H15N3O3/c1-4-6-13-11-7-10(15(16)17)8-12(14-11)18-9(3)5-2/h2,7-9H,4,6H2,1,3H3,(H,13,14). The van der Waals surface area contributed by atoms with Crippen LogP contribution < -0.4 is 10.1 Å². The molecule has 0 bridgehead atoms. The molecular formula is C12H15N3O3. The second-order valence-corrected chi connectivity index (χ2v) is 3.66. The maximum absolute atomic E-state index is 10.8. The fourth-order valence-corrected chi connectivity index (χ4v) is 1.22. The lowest BCUT2D eigenvalue weighted by molar-refractivity contribution is -0.384. The molecule has 18 heavy (non-hydrogen) atoms. The van der Waals surface area contributed by atoms with Gasteiger partial charge in [-0.25, -0.2) is 0 Å². The van der Waals surface area contributed by atoms with Crippen LogP contribution in [0.2, 0.25) is 0 Å². The van der Waals surface area contributed by atoms with Gasteiger partial charge in [0.25, 0.3) is 5.69 Å². The van der Waals surface area contributed by atoms with E-state index in [1.807, 2.05) is 6.92 Å². The maximum Gasteiger partial charge on any atom is 0.278 e. The molecular weight excluding hydrogens is 234 g/mol. The van der Waals surface area contributed by atoms with Crippen LogP contribution in [-0.4, -0.2) is 22.6 Å². The van der Waals surface area contributed by atoms with Crippen LogP contribution in [-0.2, 0) is 0 Å². The van der Waals surface area contributed by atoms with Crippen LogP contribution in [0.3, 0.4) is 0 Å². The summed E-state index contributed by atoms with van der Waals surface area (Å²) in [7, 11) is 0. The first-order valence-electron chi connectivity index (χ1n) is 5.60. The van der Waals surface area contributed by atoms with Crippen molar-refractivity contribution >= 4 is 11.5 Å². The SMILES string of the molecule is C#CC(C)Oc1cc([N+](=O)[O-])cc(NCCC)n1. The van der Waals surface area contributed by atoms with E-state index in [1.165, 1.54) is 12.1 Å². The van der Waals surface area contributed by atoms with Gasteiger partial charge in [-0.3, -0.25) is 10.1 Å². The lowest BCUT2D eigenvalue weighted by Crippen LogP contribution is -2.11. The van der Waals surface area contributed by atoms with Crippen molar-refractivity contribution in [2.24, 2.45) is 0 Å². The number of ether oxygens (including phenoxy) is 1. The number of terminal acetylenes is 1. The summed E-state index contributed by atoms with van der Waals surface area (Å²) in [6.07, 6.45) is 5.59. The highest BCUT2D eigenvalue weighted by molar-refractivity contribution is 5.48. The van der Waals surface area contributed by atoms with E-state index in [9.17, 15) is 10.1 Å². The molecule has 1 N–H and O–H groups in total. The van der Waals surface area contributed by atoms with Crippen LogP contribution in [0.5, 0.6) is 5.88 Å². The molecule has 0 aliphatic rings. The van der Waals surface area contributed by atoms with Crippen molar-refractivity contribution < 1.29 is 9.66 Å². The highest BCUT2D eigenvalue weighted by Crippen LogP contribution is 2.22. The maximum atomic E-state index is 10.8. The van der Waals surface area contributed by atoms with Gasteiger partial charge in [0.05, 0.1) is 17.1 Å². The van der Waals surface area contributed by atoms with Crippen molar-refractivity contribution in [2.75, 3.05) is 11.9 Å². The highest BCUT2D eigenvalue weighted by Gasteiger charge is 2.13. The van der Waals surface area contributed by atoms with Crippen molar-refractivity contribution in [3.8, 4) is 18.2 Å². The van der Waals surface area contributed by atoms with Crippen LogP contribution in [0.4, 0.5) is 11.5 Å². The first kappa shape index (κ1) is 13.8. The Morgan fingerprint density at radius 2 is 2.39 bits per heavy atom. The number of hydrogen-bond acceptors (Lipinski definition) is 5. The van der Waals surface area contributed by atoms with Gasteiger partial charge in [0.15, 0.2) is 6.10 Å². The summed E-state index contributed by atoms with van der Waals surface area (Å²) in [4.78, 5) is 14.4. The van der Waals surface area contributed by atoms with E-state index < -0.39 is 11.0 Å². The van der Waals surface area contributed by atoms with Gasteiger partial charge >= 0.3 is 0 Å². The molecule has 0 spiro atoms. The van der Waals surface area contributed by atoms with Gasteiger partial charge in [0, 0.05) is 6.54 Å². The number of anilines is 1. The zero-order valence-electron chi connectivity index (χ0n) is 10.3. The topological polar surface area (TPSA) is 77.3 Å². The minimum Gasteiger partial charge on any atom is -0.461 e. The van der Waals surface area contributed by atoms with Gasteiger partial charge in [-0.1, -0.05) is 12.8 Å². The lowest BCUT2D eigenvalue weighted by atomic mass is 10.3. The molecule has 1 unspecified atom stereocenters. The van der Waals surface area contributed by atoms with Crippen molar-refractivity contribution in [3.05, 3.63) is 22.2 Å². The Hall–Kier alpha value is -2.29. The smallest absolute Gasteiger partial charge is 0.278 e. The minimum atomic E-state index is -0.494. The molecule has 0 radical (unpaired) electrons. The average molecular weight is 249 g/mol. The molecule has 0 fully saturated rings. The predicted octanol–water partition coefficient (Wildman–Crippen LogP) is 2.21. The average Bonchev–Trinajstić information content (AvgIpc) is 2.35. The second-order valence-electron chi connectivity index (χ2n) is 3.66. The third-order valence-electron chi connectivity index (χ3n) is 2.09. The van der Waals surface area contributed by atoms with E-state index in [0.29, 0.717) is 12.4 Å². The molecule has 96 valence electrons. The molecule has 0 aliphatic carbocycles. The van der Waals surface area contributed by atoms with Crippen LogP contribution in [0.15, 0.2) is 12.1 Å². The van der Waals surface area contributed by atoms with Crippen LogP contribution in [0.25, 0.3) is 0 Å². The summed E-state index contributed by atoms with van der Waals surface area (Å²) in [5.74, 6) is 2.93. The number of pyridine rings is 1. The Morgan fingerprint density at radius 3 is 2.94 bits per heavy atom. The zero-order chi connectivity index (χ0) is 13.5. The second kappa shape index (κ2) is 6.45. The molecule has 0 aliphatic heterocycles. The molecule has 0 saturated carbocycles. The van der Waals surface area contributed by atoms with Gasteiger partial charge in [-0.2, -0.15) is 4.98 Å². The van der Waals surface area contributed by atoms with Crippen LogP contribution >= 0.6 is 0 Å². The monoisotopic (exact) mass is 249 g/mol. The molecule has 6 nitrogen and oxygen atoms in total. The highest BCUT2D eigenvalue weighted by atomic mass is 16.6. The summed E-state index contributed by atoms with van der Waals surface area (Å²) >= 11 is 0. The number of rotatable bonds is 6. The third-order valence-corrected chi connectivity index (χ3v) is 2.09. The molecule has 0 amide bonds. The van der Waals surface area contributed by atoms with Crippen LogP contribution in [0.1, 0.15) is 20.3 Å². The van der Waals surface area contributed by atoms with Gasteiger partial charge in [0.1, 0.15) is 5.82 Å². The summed E-state index contributed by atoms with van der Waals surface area (Å²) < 4.78 is 5.28. The molecule has 1 rings (SSSR count). The molecule has 1 aromatic rings. The van der Waals surface area contributed by atoms with E-state index >= 15 is 0 Å². The molecule has 6 heteroatoms. The summed E-state index contributed by atoms with van der Waals surface area (Å²) in [6, 6.07) is 2.62. The number of nitrogens with zero attached hydrogens (tertiary/aromatic N) is 2. The summed E-state index contributed by atoms with van der Waals surface area (Å²) in [5, 5.41) is 13.8. The lowest BCUT2D eigenvalue weighted by Gasteiger charge is -2.10. The Morgan fingerprint density at radius 1 is 1.67 bits per heavy atom. The number of hydrogen-bond donors (Lipinski definition) is 1. The van der Waals surface area contributed by atoms with Crippen molar-refractivity contribution in [1.29, 1.82) is 0 Å². The normalized spacial score (nSPS) is 11.4. The molecule has 1 aromatic heterocycles. The number of aromatic nitrogens is 1. The van der Waals surface area contributed by atoms with E-state index in [4.69, 9.17) is 11.2 Å². The summed E-state index contributed by atoms with van der Waals surface area (Å²) in [6.45, 7) is 4.33. The van der Waals surface area contributed by atoms with Gasteiger partial charge in [-0.05, 0) is 13.3 Å². The summed E-state index contributed by atoms with van der Waals surface area (Å²) in [5.41, 5.74) is -0.0807. The molecule has 1 atom stereocenters. The molecule has 1 heterocycles. The van der Waals surface area contributed by atoms with Gasteiger partial charge < -0.3 is 10.1 Å². The van der Waals surface area contributed by atoms with E-state index in [-0.39, 0.29) is 11.6 Å². The van der Waals surface area contributed by atoms with Crippen molar-refractivity contribution in [1.82, 2.24) is 4.98 Å². The Balaban J connectivity index is 2.98. The van der Waals surface area contributed by atoms with Crippen molar-refractivity contribution in [3.63, 3.8) is 0 Å². The van der Waals surface area contributed by atoms with E-state index in [0.717, 1.165) is 6.42 Å². The molecule has 0 saturated heterocycles. The van der Waals surface area contributed by atoms with E-state index in [2.05, 4.69) is 16.2 Å². The first-order valence-corrected chi connectivity index (χ1v) is 5.60. The fraction of sp³-hybridized carbons (Fsp3) is 0.417. The van der Waals surface area contributed by atoms with Crippen molar-refractivity contribution in [2.45, 2.75) is 26.4 Å². The number of nitro groups is 1.